The Bertz CT molecular complexity index is 1070. The molecule has 6 heteroatoms. The fourth-order valence-electron chi connectivity index (χ4n) is 5.70. The molecule has 0 aromatic heterocycles. The van der Waals surface area contributed by atoms with E-state index in [4.69, 9.17) is 9.47 Å². The second-order valence-electron chi connectivity index (χ2n) is 9.20. The second kappa shape index (κ2) is 8.15. The number of carbonyl (C=O) groups is 2. The van der Waals surface area contributed by atoms with Crippen molar-refractivity contribution in [3.63, 3.8) is 0 Å². The highest BCUT2D eigenvalue weighted by atomic mass is 16.5. The minimum Gasteiger partial charge on any atom is -0.493 e. The van der Waals surface area contributed by atoms with Crippen molar-refractivity contribution in [1.29, 1.82) is 0 Å². The molecule has 3 heterocycles. The summed E-state index contributed by atoms with van der Waals surface area (Å²) in [5.41, 5.74) is 3.58. The molecule has 0 radical (unpaired) electrons. The Kier molecular flexibility index (Phi) is 5.31. The lowest BCUT2D eigenvalue weighted by molar-refractivity contribution is -0.136. The molecule has 0 saturated carbocycles. The van der Waals surface area contributed by atoms with Crippen LogP contribution >= 0.6 is 0 Å². The highest BCUT2D eigenvalue weighted by molar-refractivity contribution is 6.02. The van der Waals surface area contributed by atoms with Crippen LogP contribution in [0.3, 0.4) is 0 Å². The van der Waals surface area contributed by atoms with E-state index in [0.29, 0.717) is 29.5 Å². The fourth-order valence-corrected chi connectivity index (χ4v) is 5.70. The Morgan fingerprint density at radius 1 is 1.03 bits per heavy atom. The third-order valence-electron chi connectivity index (χ3n) is 7.26. The van der Waals surface area contributed by atoms with Crippen LogP contribution in [-0.4, -0.2) is 55.5 Å². The van der Waals surface area contributed by atoms with Gasteiger partial charge in [-0.1, -0.05) is 31.2 Å². The summed E-state index contributed by atoms with van der Waals surface area (Å²) in [6, 6.07) is 11.5. The Hall–Kier alpha value is -3.02. The summed E-state index contributed by atoms with van der Waals surface area (Å²) in [7, 11) is 3.15. The van der Waals surface area contributed by atoms with Crippen LogP contribution < -0.4 is 9.47 Å². The molecule has 2 amide bonds. The Balaban J connectivity index is 1.69. The molecule has 168 valence electrons. The van der Waals surface area contributed by atoms with E-state index in [1.165, 1.54) is 5.56 Å². The lowest BCUT2D eigenvalue weighted by atomic mass is 9.75. The van der Waals surface area contributed by atoms with Crippen LogP contribution in [0.2, 0.25) is 0 Å². The topological polar surface area (TPSA) is 59.1 Å². The van der Waals surface area contributed by atoms with Gasteiger partial charge in [0.05, 0.1) is 26.2 Å². The first-order chi connectivity index (χ1) is 15.5. The number of rotatable bonds is 3. The maximum atomic E-state index is 14.1. The molecule has 1 saturated heterocycles. The predicted octanol–water partition coefficient (Wildman–Crippen LogP) is 3.80. The SMILES string of the molecule is COc1cc2c(cc1OC)C(C(=O)N1CCCC(C)C1)C1c3ccccc3CCN1C2=O. The quantitative estimate of drug-likeness (QED) is 0.737. The molecule has 0 bridgehead atoms. The lowest BCUT2D eigenvalue weighted by Crippen LogP contribution is -2.52. The highest BCUT2D eigenvalue weighted by Gasteiger charge is 2.48. The highest BCUT2D eigenvalue weighted by Crippen LogP contribution is 2.49. The third kappa shape index (κ3) is 3.24. The van der Waals surface area contributed by atoms with E-state index in [2.05, 4.69) is 19.1 Å². The average molecular weight is 435 g/mol. The zero-order valence-electron chi connectivity index (χ0n) is 19.0. The van der Waals surface area contributed by atoms with Gasteiger partial charge in [-0.05, 0) is 54.0 Å². The van der Waals surface area contributed by atoms with Gasteiger partial charge in [0.2, 0.25) is 5.91 Å². The van der Waals surface area contributed by atoms with E-state index >= 15 is 0 Å². The molecular weight excluding hydrogens is 404 g/mol. The summed E-state index contributed by atoms with van der Waals surface area (Å²) >= 11 is 0. The summed E-state index contributed by atoms with van der Waals surface area (Å²) in [6.07, 6.45) is 2.96. The zero-order valence-corrected chi connectivity index (χ0v) is 19.0. The van der Waals surface area contributed by atoms with E-state index in [0.717, 1.165) is 43.5 Å². The van der Waals surface area contributed by atoms with Gasteiger partial charge in [-0.25, -0.2) is 0 Å². The van der Waals surface area contributed by atoms with Crippen molar-refractivity contribution >= 4 is 11.8 Å². The molecule has 3 atom stereocenters. The average Bonchev–Trinajstić information content (AvgIpc) is 2.83. The van der Waals surface area contributed by atoms with Crippen molar-refractivity contribution in [2.75, 3.05) is 33.9 Å². The van der Waals surface area contributed by atoms with E-state index in [9.17, 15) is 9.59 Å². The van der Waals surface area contributed by atoms with Gasteiger partial charge in [-0.3, -0.25) is 9.59 Å². The van der Waals surface area contributed by atoms with E-state index < -0.39 is 5.92 Å². The van der Waals surface area contributed by atoms with Crippen LogP contribution in [0.1, 0.15) is 58.8 Å². The number of benzene rings is 2. The summed E-state index contributed by atoms with van der Waals surface area (Å²) in [6.45, 7) is 4.34. The minimum atomic E-state index is -0.464. The van der Waals surface area contributed by atoms with Gasteiger partial charge in [-0.2, -0.15) is 0 Å². The smallest absolute Gasteiger partial charge is 0.254 e. The predicted molar refractivity (Wildman–Crippen MR) is 121 cm³/mol. The van der Waals surface area contributed by atoms with Crippen molar-refractivity contribution in [1.82, 2.24) is 9.80 Å². The third-order valence-corrected chi connectivity index (χ3v) is 7.26. The van der Waals surface area contributed by atoms with Crippen LogP contribution in [0.4, 0.5) is 0 Å². The molecule has 32 heavy (non-hydrogen) atoms. The van der Waals surface area contributed by atoms with Crippen molar-refractivity contribution in [2.45, 2.75) is 38.1 Å². The lowest BCUT2D eigenvalue weighted by Gasteiger charge is -2.47. The monoisotopic (exact) mass is 434 g/mol. The van der Waals surface area contributed by atoms with Gasteiger partial charge in [0.15, 0.2) is 11.5 Å². The van der Waals surface area contributed by atoms with Gasteiger partial charge >= 0.3 is 0 Å². The molecule has 5 rings (SSSR count). The molecular formula is C26H30N2O4. The minimum absolute atomic E-state index is 0.0449. The van der Waals surface area contributed by atoms with Crippen molar-refractivity contribution in [2.24, 2.45) is 5.92 Å². The zero-order chi connectivity index (χ0) is 22.4. The number of hydrogen-bond donors (Lipinski definition) is 0. The second-order valence-corrected chi connectivity index (χ2v) is 9.20. The van der Waals surface area contributed by atoms with Crippen LogP contribution in [0.5, 0.6) is 11.5 Å². The number of fused-ring (bicyclic) bond motifs is 4. The number of piperidine rings is 1. The van der Waals surface area contributed by atoms with Gasteiger partial charge < -0.3 is 19.3 Å². The number of hydrogen-bond acceptors (Lipinski definition) is 4. The summed E-state index contributed by atoms with van der Waals surface area (Å²) in [4.78, 5) is 31.6. The first-order valence-electron chi connectivity index (χ1n) is 11.5. The van der Waals surface area contributed by atoms with E-state index in [-0.39, 0.29) is 17.9 Å². The van der Waals surface area contributed by atoms with E-state index in [1.54, 1.807) is 20.3 Å². The van der Waals surface area contributed by atoms with Crippen LogP contribution in [0, 0.1) is 5.92 Å². The van der Waals surface area contributed by atoms with Gasteiger partial charge in [0, 0.05) is 25.2 Å². The van der Waals surface area contributed by atoms with Crippen molar-refractivity contribution < 1.29 is 19.1 Å². The van der Waals surface area contributed by atoms with Gasteiger partial charge in [-0.15, -0.1) is 0 Å². The first-order valence-corrected chi connectivity index (χ1v) is 11.5. The standard InChI is InChI=1S/C26H30N2O4/c1-16-7-6-11-27(15-16)26(30)23-19-13-21(31-2)22(32-3)14-20(19)25(29)28-12-10-17-8-4-5-9-18(17)24(23)28/h4-5,8-9,13-14,16,23-24H,6-7,10-12,15H2,1-3H3. The number of carbonyl (C=O) groups excluding carboxylic acids is 2. The number of methoxy groups -OCH3 is 2. The van der Waals surface area contributed by atoms with E-state index in [1.807, 2.05) is 28.0 Å². The molecule has 3 aliphatic rings. The number of likely N-dealkylation sites (tertiary alicyclic amines) is 1. The molecule has 6 nitrogen and oxygen atoms in total. The largest absolute Gasteiger partial charge is 0.493 e. The normalized spacial score (nSPS) is 24.3. The molecule has 3 aliphatic heterocycles. The van der Waals surface area contributed by atoms with Crippen LogP contribution in [0.25, 0.3) is 0 Å². The van der Waals surface area contributed by atoms with Crippen molar-refractivity contribution in [3.05, 3.63) is 58.7 Å². The number of amides is 2. The molecule has 0 spiro atoms. The summed E-state index contributed by atoms with van der Waals surface area (Å²) in [5.74, 6) is 1.13. The van der Waals surface area contributed by atoms with Crippen LogP contribution in [-0.2, 0) is 11.2 Å². The molecule has 3 unspecified atom stereocenters. The number of nitrogens with zero attached hydrogens (tertiary/aromatic N) is 2. The maximum Gasteiger partial charge on any atom is 0.254 e. The van der Waals surface area contributed by atoms with Crippen LogP contribution in [0.15, 0.2) is 36.4 Å². The first kappa shape index (κ1) is 20.9. The molecule has 2 aromatic carbocycles. The summed E-state index contributed by atoms with van der Waals surface area (Å²) < 4.78 is 11.0. The van der Waals surface area contributed by atoms with Crippen molar-refractivity contribution in [3.8, 4) is 11.5 Å². The van der Waals surface area contributed by atoms with Gasteiger partial charge in [0.25, 0.3) is 5.91 Å². The Morgan fingerprint density at radius 3 is 2.53 bits per heavy atom. The van der Waals surface area contributed by atoms with Gasteiger partial charge in [0.1, 0.15) is 0 Å². The number of ether oxygens (including phenoxy) is 2. The Labute approximate surface area is 189 Å². The fraction of sp³-hybridized carbons (Fsp3) is 0.462. The summed E-state index contributed by atoms with van der Waals surface area (Å²) in [5, 5.41) is 0. The Morgan fingerprint density at radius 2 is 1.78 bits per heavy atom. The molecule has 0 aliphatic carbocycles. The molecule has 0 N–H and O–H groups in total. The molecule has 1 fully saturated rings. The maximum absolute atomic E-state index is 14.1. The molecule has 2 aromatic rings.